The van der Waals surface area contributed by atoms with Crippen LogP contribution in [0.1, 0.15) is 316 Å². The number of nitrogens with one attached hydrogen (secondary N) is 4. The Balaban J connectivity index is 0.000000377. The number of ketones is 11. The number of rotatable bonds is 35. The molecule has 134 heavy (non-hydrogen) atoms. The molecule has 0 spiro atoms. The van der Waals surface area contributed by atoms with Crippen LogP contribution in [0.2, 0.25) is 0 Å². The molecule has 1 aromatic carbocycles. The molecule has 0 bridgehead atoms. The summed E-state index contributed by atoms with van der Waals surface area (Å²) in [6.07, 6.45) is 44.1. The third-order valence-electron chi connectivity index (χ3n) is 24.5. The molecule has 27 heteroatoms. The summed E-state index contributed by atoms with van der Waals surface area (Å²) in [4.78, 5) is 206. The number of aromatic nitrogens is 4. The van der Waals surface area contributed by atoms with Crippen molar-refractivity contribution in [3.63, 3.8) is 0 Å². The molecule has 4 N–H and O–H groups in total. The van der Waals surface area contributed by atoms with E-state index < -0.39 is 53.7 Å². The van der Waals surface area contributed by atoms with Crippen molar-refractivity contribution in [2.75, 3.05) is 46.0 Å². The van der Waals surface area contributed by atoms with E-state index in [-0.39, 0.29) is 200 Å². The van der Waals surface area contributed by atoms with Gasteiger partial charge in [-0.3, -0.25) is 86.9 Å². The predicted molar refractivity (Wildman–Crippen MR) is 550 cm³/mol. The molecule has 0 saturated heterocycles. The van der Waals surface area contributed by atoms with Crippen molar-refractivity contribution in [2.24, 2.45) is 65.1 Å². The second-order valence-electron chi connectivity index (χ2n) is 38.6. The fourth-order valence-corrected chi connectivity index (χ4v) is 20.8. The standard InChI is InChI=1S/C33H57NO4S.C31H45NO4S.C25H35N3O4S.C18H23N3O3S/c1-6-7-8-9-10-11-12-13-14-15-16-18-29(36)24-30(26(2)3)33(38)34-31-25-39(5)22-17-19-28(35)21-20-27(4)23-32(31)37;1-20(2)16-24-10-12-25(13-11-24)23(6)29(34)18-27(21(3)4)31(36)32-28-19-37-15-7-8-26(33)14-9-22(5)17-30(28)35;1-16(2)20(13-23(30)18(4)21-14-26-9-10-27-21)25(32)28-22-15-33-11-5-6-19(29)8-7-17(3)12-24(22)31;1-13-5-6-14(22)4-3-9-25(2)12-16(17(23)10-13)21-18(24)15-11-19-7-8-20-15/h20-21,26-27,30-31H,5-19,22-25H2,1-4H3,(H,34,38);9-14,20-23,27-28H,7-8,15-19H2,1-6H3,(H,32,36);7-10,14,16-18,20,22H,5-6,11-13,15H2,1-4H3,(H,28,32);5-8,11,13,16H,2-4,9-10,12H2,1H3,(H,21,24)/b21-20+;14-9+;8-7+;6-5+/t27-,30-,31-,39?;22-,23-,27-,28-;17-,18-,20-,22-;13-,16-,25?/m0000/s1. The Kier molecular flexibility index (Phi) is 58.4. The summed E-state index contributed by atoms with van der Waals surface area (Å²) >= 11 is 3.15. The van der Waals surface area contributed by atoms with Crippen molar-refractivity contribution in [3.05, 3.63) is 133 Å². The fourth-order valence-electron chi connectivity index (χ4n) is 15.8. The highest BCUT2D eigenvalue weighted by molar-refractivity contribution is 8.14. The van der Waals surface area contributed by atoms with Gasteiger partial charge in [0.25, 0.3) is 5.91 Å². The first kappa shape index (κ1) is 118. The maximum Gasteiger partial charge on any atom is 0.272 e. The Morgan fingerprint density at radius 2 is 0.799 bits per heavy atom. The lowest BCUT2D eigenvalue weighted by Crippen LogP contribution is -2.47. The Hall–Kier alpha value is -8.27. The van der Waals surface area contributed by atoms with Crippen molar-refractivity contribution in [1.82, 2.24) is 41.2 Å². The molecule has 3 aromatic rings. The number of carbonyl (C=O) groups is 15. The van der Waals surface area contributed by atoms with E-state index in [1.54, 1.807) is 97.6 Å². The van der Waals surface area contributed by atoms with Crippen molar-refractivity contribution >= 4 is 143 Å². The van der Waals surface area contributed by atoms with Gasteiger partial charge in [-0.25, -0.2) is 4.98 Å². The summed E-state index contributed by atoms with van der Waals surface area (Å²) in [6.45, 7) is 29.6. The highest BCUT2D eigenvalue weighted by Crippen LogP contribution is 2.30. The molecule has 23 nitrogen and oxygen atoms in total. The Morgan fingerprint density at radius 1 is 0.433 bits per heavy atom. The van der Waals surface area contributed by atoms with Gasteiger partial charge in [0.1, 0.15) is 23.0 Å². The van der Waals surface area contributed by atoms with Crippen LogP contribution in [0.3, 0.4) is 0 Å². The second kappa shape index (κ2) is 66.3. The maximum absolute atomic E-state index is 13.4. The second-order valence-corrected chi connectivity index (χ2v) is 44.8. The minimum atomic E-state index is -0.609. The summed E-state index contributed by atoms with van der Waals surface area (Å²) in [7, 11) is -0.618. The van der Waals surface area contributed by atoms with Crippen LogP contribution in [0, 0.1) is 65.1 Å². The van der Waals surface area contributed by atoms with Gasteiger partial charge >= 0.3 is 0 Å². The van der Waals surface area contributed by atoms with E-state index in [4.69, 9.17) is 0 Å². The number of Topliss-reactive ketones (excluding diaryl/α,β-unsaturated/α-hetero) is 7. The molecule has 6 heterocycles. The van der Waals surface area contributed by atoms with Crippen molar-refractivity contribution in [2.45, 2.75) is 320 Å². The van der Waals surface area contributed by atoms with E-state index >= 15 is 0 Å². The number of thioether (sulfide) groups is 2. The fraction of sp³-hybridized carbons (Fsp3) is 0.636. The Bertz CT molecular complexity index is 4390. The molecule has 2 unspecified atom stereocenters. The number of carbonyl (C=O) groups excluding carboxylic acids is 15. The number of unbranched alkanes of at least 4 members (excludes halogenated alkanes) is 10. The van der Waals surface area contributed by atoms with Gasteiger partial charge in [-0.05, 0) is 151 Å². The van der Waals surface area contributed by atoms with Crippen LogP contribution in [0.15, 0.2) is 110 Å². The molecule has 0 saturated carbocycles. The number of nitrogens with zero attached hydrogens (tertiary/aromatic N) is 4. The van der Waals surface area contributed by atoms with Crippen LogP contribution in [0.25, 0.3) is 0 Å². The van der Waals surface area contributed by atoms with Crippen LogP contribution < -0.4 is 21.3 Å². The minimum Gasteiger partial charge on any atom is -0.345 e. The summed E-state index contributed by atoms with van der Waals surface area (Å²) in [5.41, 5.74) is 2.99. The summed E-state index contributed by atoms with van der Waals surface area (Å²) in [5.74, 6) is 10.4. The smallest absolute Gasteiger partial charge is 0.272 e. The SMILES string of the molecule is C=S1CCCC(=O)/C=C/[C@H](C)CC(=O)[C@@H](NC(=O)[C@@H](CC(=O)CCCCCCCCCCCCC)C(C)C)C1.C=S1CCCC(=O)/C=C/[C@H](C)CC(=O)[C@@H](NC(=O)c2cnccn2)C1.CC(C)Cc1ccc([C@H](C)C(=O)C[C@H](C(=O)N[C@H]2CSCCCC(=O)/C=C/[C@H](C)CC2=O)C(C)C)cc1.CC(C)[C@H](CC(=O)[C@@H](C)c1cnccn1)C(=O)N[C@H]1CSCCCC(=O)/C=C/[C@H](C)CC1=O. The molecule has 742 valence electrons. The Morgan fingerprint density at radius 3 is 1.19 bits per heavy atom. The van der Waals surface area contributed by atoms with Crippen LogP contribution in [-0.2, 0) is 73.5 Å². The molecular weight excluding hydrogens is 1770 g/mol. The highest BCUT2D eigenvalue weighted by atomic mass is 32.2. The average Bonchev–Trinajstić information content (AvgIpc) is 0.864. The number of allylic oxidation sites excluding steroid dienone is 8. The molecule has 0 aliphatic carbocycles. The summed E-state index contributed by atoms with van der Waals surface area (Å²) in [6, 6.07) is 5.83. The molecule has 4 amide bonds. The maximum atomic E-state index is 13.4. The topological polar surface area (TPSA) is 356 Å². The lowest BCUT2D eigenvalue weighted by molar-refractivity contribution is -0.133. The van der Waals surface area contributed by atoms with E-state index in [0.29, 0.717) is 66.7 Å². The third-order valence-corrected chi connectivity index (χ3v) is 30.2. The van der Waals surface area contributed by atoms with Crippen molar-refractivity contribution < 1.29 is 71.9 Å². The Labute approximate surface area is 814 Å². The van der Waals surface area contributed by atoms with Gasteiger partial charge in [-0.1, -0.05) is 221 Å². The zero-order chi connectivity index (χ0) is 99.2. The normalized spacial score (nSPS) is 23.5. The highest BCUT2D eigenvalue weighted by Gasteiger charge is 2.36. The van der Waals surface area contributed by atoms with Gasteiger partial charge in [0, 0.05) is 155 Å². The summed E-state index contributed by atoms with van der Waals surface area (Å²) < 4.78 is 0. The molecule has 4 aliphatic rings. The zero-order valence-electron chi connectivity index (χ0n) is 83.1. The number of amides is 4. The average molecular weight is 1930 g/mol. The monoisotopic (exact) mass is 1930 g/mol. The van der Waals surface area contributed by atoms with Crippen LogP contribution in [-0.4, -0.2) is 189 Å². The van der Waals surface area contributed by atoms with E-state index in [0.717, 1.165) is 73.5 Å². The van der Waals surface area contributed by atoms with Gasteiger partial charge in [0.05, 0.1) is 42.0 Å². The molecule has 2 aromatic heterocycles. The first-order valence-electron chi connectivity index (χ1n) is 49.2. The van der Waals surface area contributed by atoms with Gasteiger partial charge in [0.15, 0.2) is 46.3 Å². The largest absolute Gasteiger partial charge is 0.345 e. The quantitative estimate of drug-likeness (QED) is 0.0314. The van der Waals surface area contributed by atoms with E-state index in [1.165, 1.54) is 81.9 Å². The minimum absolute atomic E-state index is 0.0125. The van der Waals surface area contributed by atoms with E-state index in [2.05, 4.69) is 85.8 Å². The molecular formula is C107H160N8O15S4. The molecule has 0 fully saturated rings. The molecule has 4 aliphatic heterocycles. The summed E-state index contributed by atoms with van der Waals surface area (Å²) in [5, 5.41) is 11.7. The van der Waals surface area contributed by atoms with Gasteiger partial charge in [-0.2, -0.15) is 44.5 Å². The van der Waals surface area contributed by atoms with Crippen LogP contribution >= 0.6 is 44.5 Å². The zero-order valence-corrected chi connectivity index (χ0v) is 86.4. The van der Waals surface area contributed by atoms with Gasteiger partial charge < -0.3 is 21.3 Å². The number of hydrogen-bond donors (Lipinski definition) is 4. The van der Waals surface area contributed by atoms with Crippen LogP contribution in [0.4, 0.5) is 0 Å². The molecule has 0 radical (unpaired) electrons. The van der Waals surface area contributed by atoms with E-state index in [1.807, 2.05) is 88.3 Å². The van der Waals surface area contributed by atoms with Crippen molar-refractivity contribution in [1.29, 1.82) is 0 Å². The first-order valence-corrected chi connectivity index (χ1v) is 55.0. The third kappa shape index (κ3) is 49.1. The number of hydrogen-bond acceptors (Lipinski definition) is 21. The van der Waals surface area contributed by atoms with Gasteiger partial charge in [-0.15, -0.1) is 0 Å². The lowest BCUT2D eigenvalue weighted by atomic mass is 9.84. The lowest BCUT2D eigenvalue weighted by Gasteiger charge is -2.25. The predicted octanol–water partition coefficient (Wildman–Crippen LogP) is 18.9. The molecule has 15 atom stereocenters. The van der Waals surface area contributed by atoms with Gasteiger partial charge in [0.2, 0.25) is 17.7 Å². The van der Waals surface area contributed by atoms with Crippen molar-refractivity contribution in [3.8, 4) is 0 Å². The molecule has 7 rings (SSSR count). The van der Waals surface area contributed by atoms with E-state index in [9.17, 15) is 71.9 Å². The first-order chi connectivity index (χ1) is 63.7. The number of benzene rings is 1. The van der Waals surface area contributed by atoms with Crippen LogP contribution in [0.5, 0.6) is 0 Å².